The predicted octanol–water partition coefficient (Wildman–Crippen LogP) is 5.61. The fourth-order valence-corrected chi connectivity index (χ4v) is 4.10. The SMILES string of the molecule is C/C(=C\c1csc(C)n1)[C@@H]1C[C@@H]2O[C@@H]2C/C=C/CCCCCCCC(=O)O1. The smallest absolute Gasteiger partial charge is 0.306 e. The van der Waals surface area contributed by atoms with E-state index in [1.807, 2.05) is 25.3 Å². The number of carbonyl (C=O) groups is 1. The monoisotopic (exact) mass is 389 g/mol. The Morgan fingerprint density at radius 3 is 2.81 bits per heavy atom. The lowest BCUT2D eigenvalue weighted by atomic mass is 10.0. The summed E-state index contributed by atoms with van der Waals surface area (Å²) in [5.41, 5.74) is 1.98. The molecule has 2 aliphatic heterocycles. The maximum absolute atomic E-state index is 12.4. The molecule has 0 spiro atoms. The van der Waals surface area contributed by atoms with Crippen LogP contribution in [-0.2, 0) is 14.3 Å². The highest BCUT2D eigenvalue weighted by molar-refractivity contribution is 7.09. The van der Waals surface area contributed by atoms with Gasteiger partial charge in [0, 0.05) is 18.2 Å². The lowest BCUT2D eigenvalue weighted by molar-refractivity contribution is -0.147. The number of nitrogens with zero attached hydrogens (tertiary/aromatic N) is 1. The first-order chi connectivity index (χ1) is 13.1. The van der Waals surface area contributed by atoms with Gasteiger partial charge in [0.25, 0.3) is 0 Å². The van der Waals surface area contributed by atoms with Gasteiger partial charge in [-0.1, -0.05) is 31.4 Å². The van der Waals surface area contributed by atoms with Gasteiger partial charge in [-0.25, -0.2) is 4.98 Å². The van der Waals surface area contributed by atoms with Crippen LogP contribution in [0.25, 0.3) is 6.08 Å². The summed E-state index contributed by atoms with van der Waals surface area (Å²) in [6.07, 6.45) is 15.8. The number of cyclic esters (lactones) is 1. The minimum atomic E-state index is -0.230. The maximum Gasteiger partial charge on any atom is 0.306 e. The lowest BCUT2D eigenvalue weighted by Gasteiger charge is -2.18. The molecule has 1 aromatic heterocycles. The van der Waals surface area contributed by atoms with Crippen LogP contribution < -0.4 is 0 Å². The van der Waals surface area contributed by atoms with Crippen molar-refractivity contribution < 1.29 is 14.3 Å². The molecule has 1 saturated heterocycles. The summed E-state index contributed by atoms with van der Waals surface area (Å²) in [7, 11) is 0. The standard InChI is InChI=1S/C22H31NO3S/c1-16(13-18-15-27-17(2)23-18)20-14-21-19(25-21)11-9-7-5-3-4-6-8-10-12-22(24)26-20/h7,9,13,15,19-21H,3-6,8,10-12,14H2,1-2H3/b9-7+,16-13+/t19-,20+,21+/m1/s1. The predicted molar refractivity (Wildman–Crippen MR) is 110 cm³/mol. The number of epoxide rings is 1. The Bertz CT molecular complexity index is 679. The highest BCUT2D eigenvalue weighted by Gasteiger charge is 2.40. The van der Waals surface area contributed by atoms with Gasteiger partial charge in [-0.2, -0.15) is 0 Å². The van der Waals surface area contributed by atoms with Crippen molar-refractivity contribution in [3.05, 3.63) is 33.8 Å². The number of aromatic nitrogens is 1. The summed E-state index contributed by atoms with van der Waals surface area (Å²) >= 11 is 1.63. The fraction of sp³-hybridized carbons (Fsp3) is 0.636. The number of hydrogen-bond acceptors (Lipinski definition) is 5. The third kappa shape index (κ3) is 6.89. The van der Waals surface area contributed by atoms with Crippen molar-refractivity contribution >= 4 is 23.4 Å². The van der Waals surface area contributed by atoms with E-state index in [0.717, 1.165) is 48.4 Å². The van der Waals surface area contributed by atoms with Crippen molar-refractivity contribution in [1.29, 1.82) is 0 Å². The van der Waals surface area contributed by atoms with Crippen LogP contribution in [0.1, 0.15) is 75.4 Å². The van der Waals surface area contributed by atoms with Gasteiger partial charge >= 0.3 is 5.97 Å². The molecule has 3 heterocycles. The van der Waals surface area contributed by atoms with E-state index in [9.17, 15) is 4.79 Å². The van der Waals surface area contributed by atoms with Crippen LogP contribution in [0.5, 0.6) is 0 Å². The maximum atomic E-state index is 12.4. The van der Waals surface area contributed by atoms with Gasteiger partial charge in [-0.3, -0.25) is 4.79 Å². The molecule has 1 aromatic rings. The van der Waals surface area contributed by atoms with E-state index < -0.39 is 0 Å². The Labute approximate surface area is 166 Å². The molecule has 0 unspecified atom stereocenters. The third-order valence-electron chi connectivity index (χ3n) is 5.21. The van der Waals surface area contributed by atoms with E-state index in [1.54, 1.807) is 11.3 Å². The van der Waals surface area contributed by atoms with Gasteiger partial charge in [0.1, 0.15) is 6.10 Å². The van der Waals surface area contributed by atoms with Crippen molar-refractivity contribution in [2.45, 2.75) is 89.9 Å². The van der Waals surface area contributed by atoms with E-state index in [0.29, 0.717) is 6.42 Å². The molecule has 148 valence electrons. The highest BCUT2D eigenvalue weighted by Crippen LogP contribution is 2.33. The molecule has 4 nitrogen and oxygen atoms in total. The summed E-state index contributed by atoms with van der Waals surface area (Å²) < 4.78 is 11.7. The van der Waals surface area contributed by atoms with Crippen LogP contribution in [0.2, 0.25) is 0 Å². The molecule has 2 aliphatic rings. The fourth-order valence-electron chi connectivity index (χ4n) is 3.53. The number of aryl methyl sites for hydroxylation is 1. The van der Waals surface area contributed by atoms with Crippen LogP contribution in [-0.4, -0.2) is 29.3 Å². The Balaban J connectivity index is 1.66. The zero-order chi connectivity index (χ0) is 19.1. The number of hydrogen-bond donors (Lipinski definition) is 0. The molecule has 1 fully saturated rings. The lowest BCUT2D eigenvalue weighted by Crippen LogP contribution is -2.22. The highest BCUT2D eigenvalue weighted by atomic mass is 32.1. The third-order valence-corrected chi connectivity index (χ3v) is 6.01. The van der Waals surface area contributed by atoms with Gasteiger partial charge in [-0.15, -0.1) is 11.3 Å². The molecular weight excluding hydrogens is 358 g/mol. The first-order valence-corrected chi connectivity index (χ1v) is 11.1. The van der Waals surface area contributed by atoms with Crippen molar-refractivity contribution in [3.63, 3.8) is 0 Å². The molecule has 0 radical (unpaired) electrons. The first kappa shape index (κ1) is 20.3. The molecule has 0 aromatic carbocycles. The summed E-state index contributed by atoms with van der Waals surface area (Å²) in [6.45, 7) is 4.03. The summed E-state index contributed by atoms with van der Waals surface area (Å²) in [5.74, 6) is -0.0913. The average molecular weight is 390 g/mol. The van der Waals surface area contributed by atoms with Crippen LogP contribution in [0.3, 0.4) is 0 Å². The number of ether oxygens (including phenoxy) is 2. The normalized spacial score (nSPS) is 29.6. The molecule has 0 saturated carbocycles. The van der Waals surface area contributed by atoms with Crippen LogP contribution in [0, 0.1) is 6.92 Å². The molecule has 3 atom stereocenters. The van der Waals surface area contributed by atoms with E-state index in [2.05, 4.69) is 17.1 Å². The molecule has 27 heavy (non-hydrogen) atoms. The Kier molecular flexibility index (Phi) is 7.65. The number of esters is 1. The number of carbonyl (C=O) groups excluding carboxylic acids is 1. The van der Waals surface area contributed by atoms with E-state index in [1.165, 1.54) is 19.3 Å². The Morgan fingerprint density at radius 2 is 2.00 bits per heavy atom. The molecule has 3 rings (SSSR count). The minimum Gasteiger partial charge on any atom is -0.458 e. The zero-order valence-electron chi connectivity index (χ0n) is 16.5. The summed E-state index contributed by atoms with van der Waals surface area (Å²) in [6, 6.07) is 0. The number of fused-ring (bicyclic) bond motifs is 1. The molecule has 0 bridgehead atoms. The largest absolute Gasteiger partial charge is 0.458 e. The van der Waals surface area contributed by atoms with Crippen LogP contribution in [0.15, 0.2) is 23.1 Å². The quantitative estimate of drug-likeness (QED) is 0.374. The summed E-state index contributed by atoms with van der Waals surface area (Å²) in [4.78, 5) is 16.9. The van der Waals surface area contributed by atoms with Gasteiger partial charge in [0.2, 0.25) is 0 Å². The summed E-state index contributed by atoms with van der Waals surface area (Å²) in [5, 5.41) is 3.08. The Morgan fingerprint density at radius 1 is 1.19 bits per heavy atom. The van der Waals surface area contributed by atoms with Crippen molar-refractivity contribution in [3.8, 4) is 0 Å². The molecule has 0 aliphatic carbocycles. The molecule has 5 heteroatoms. The molecule has 0 amide bonds. The van der Waals surface area contributed by atoms with E-state index in [4.69, 9.17) is 9.47 Å². The number of rotatable bonds is 2. The van der Waals surface area contributed by atoms with E-state index in [-0.39, 0.29) is 24.3 Å². The van der Waals surface area contributed by atoms with Crippen LogP contribution in [0.4, 0.5) is 0 Å². The second kappa shape index (κ2) is 10.2. The molecule has 0 N–H and O–H groups in total. The van der Waals surface area contributed by atoms with Gasteiger partial charge < -0.3 is 9.47 Å². The topological polar surface area (TPSA) is 51.7 Å². The number of thiazole rings is 1. The van der Waals surface area contributed by atoms with Crippen molar-refractivity contribution in [2.24, 2.45) is 0 Å². The van der Waals surface area contributed by atoms with Crippen molar-refractivity contribution in [1.82, 2.24) is 4.98 Å². The van der Waals surface area contributed by atoms with Crippen LogP contribution >= 0.6 is 11.3 Å². The second-order valence-corrected chi connectivity index (χ2v) is 8.68. The number of allylic oxidation sites excluding steroid dienone is 1. The molecular formula is C22H31NO3S. The van der Waals surface area contributed by atoms with E-state index >= 15 is 0 Å². The Hall–Kier alpha value is -1.46. The van der Waals surface area contributed by atoms with Gasteiger partial charge in [0.05, 0.1) is 22.9 Å². The first-order valence-electron chi connectivity index (χ1n) is 10.2. The van der Waals surface area contributed by atoms with Crippen molar-refractivity contribution in [2.75, 3.05) is 0 Å². The van der Waals surface area contributed by atoms with Gasteiger partial charge in [-0.05, 0) is 51.2 Å². The minimum absolute atomic E-state index is 0.0913. The van der Waals surface area contributed by atoms with Gasteiger partial charge in [0.15, 0.2) is 0 Å². The average Bonchev–Trinajstić information content (AvgIpc) is 3.24. The zero-order valence-corrected chi connectivity index (χ0v) is 17.3. The second-order valence-electron chi connectivity index (χ2n) is 7.62.